The Morgan fingerprint density at radius 3 is 2.47 bits per heavy atom. The van der Waals surface area contributed by atoms with Gasteiger partial charge in [-0.15, -0.1) is 0 Å². The van der Waals surface area contributed by atoms with E-state index in [1.807, 2.05) is 57.2 Å². The molecule has 4 N–H and O–H groups in total. The molecule has 2 aliphatic rings. The zero-order valence-electron chi connectivity index (χ0n) is 24.4. The number of benzene rings is 1. The molecule has 0 spiro atoms. The zero-order valence-corrected chi connectivity index (χ0v) is 24.4. The number of fused-ring (bicyclic) bond motifs is 1. The molecule has 0 bridgehead atoms. The zero-order chi connectivity index (χ0) is 30.0. The third-order valence-electron chi connectivity index (χ3n) is 7.06. The quantitative estimate of drug-likeness (QED) is 0.261. The molecular formula is C30H35N9O4. The second-order valence-electron chi connectivity index (χ2n) is 11.5. The Morgan fingerprint density at radius 1 is 0.977 bits per heavy atom. The number of rotatable bonds is 6. The van der Waals surface area contributed by atoms with E-state index in [1.54, 1.807) is 18.5 Å². The summed E-state index contributed by atoms with van der Waals surface area (Å²) >= 11 is 0. The first-order valence-electron chi connectivity index (χ1n) is 14.3. The van der Waals surface area contributed by atoms with Crippen LogP contribution in [-0.4, -0.2) is 83.1 Å². The van der Waals surface area contributed by atoms with Gasteiger partial charge < -0.3 is 34.9 Å². The fourth-order valence-electron chi connectivity index (χ4n) is 4.99. The number of urea groups is 1. The van der Waals surface area contributed by atoms with Crippen LogP contribution in [-0.2, 0) is 9.47 Å². The van der Waals surface area contributed by atoms with Crippen LogP contribution in [0.1, 0.15) is 20.8 Å². The molecule has 2 saturated heterocycles. The van der Waals surface area contributed by atoms with Gasteiger partial charge in [0, 0.05) is 61.6 Å². The Morgan fingerprint density at radius 2 is 1.72 bits per heavy atom. The van der Waals surface area contributed by atoms with Crippen LogP contribution in [0.15, 0.2) is 54.9 Å². The van der Waals surface area contributed by atoms with Crippen molar-refractivity contribution in [3.05, 3.63) is 54.9 Å². The maximum atomic E-state index is 12.7. The van der Waals surface area contributed by atoms with Gasteiger partial charge in [0.1, 0.15) is 22.8 Å². The number of aromatic nitrogens is 4. The Balaban J connectivity index is 1.04. The van der Waals surface area contributed by atoms with Crippen molar-refractivity contribution in [2.45, 2.75) is 32.4 Å². The number of hydrogen-bond donors (Lipinski definition) is 4. The predicted molar refractivity (Wildman–Crippen MR) is 165 cm³/mol. The smallest absolute Gasteiger partial charge is 0.407 e. The number of anilines is 4. The predicted octanol–water partition coefficient (Wildman–Crippen LogP) is 4.21. The van der Waals surface area contributed by atoms with Crippen molar-refractivity contribution in [2.75, 3.05) is 59.8 Å². The molecule has 1 aromatic carbocycles. The molecule has 4 aromatic rings. The first-order valence-corrected chi connectivity index (χ1v) is 14.3. The van der Waals surface area contributed by atoms with E-state index in [2.05, 4.69) is 40.7 Å². The van der Waals surface area contributed by atoms with Crippen LogP contribution in [0, 0.1) is 0 Å². The van der Waals surface area contributed by atoms with Gasteiger partial charge in [-0.1, -0.05) is 0 Å². The second kappa shape index (κ2) is 11.8. The standard InChI is InChI=1S/C30H35N9O4/c1-30(2,3)43-29(41)34-21-17-39(18-21)22-8-10-31-24(16-22)36-28(40)33-20-6-4-19(5-7-20)26-35-23-9-11-32-27(25(23)37-26)38-12-14-42-15-13-38/h4-11,16,21H,12-15,17-18H2,1-3H3,(H,34,41)(H,35,37)(H2,31,33,36,40). The Kier molecular flexibility index (Phi) is 7.72. The number of ether oxygens (including phenoxy) is 2. The molecule has 5 heterocycles. The maximum Gasteiger partial charge on any atom is 0.407 e. The average Bonchev–Trinajstić information content (AvgIpc) is 3.39. The first-order chi connectivity index (χ1) is 20.7. The van der Waals surface area contributed by atoms with Crippen molar-refractivity contribution in [1.82, 2.24) is 25.3 Å². The van der Waals surface area contributed by atoms with Gasteiger partial charge in [-0.2, -0.15) is 0 Å². The number of alkyl carbamates (subject to hydrolysis) is 1. The number of amides is 3. The topological polar surface area (TPSA) is 150 Å². The lowest BCUT2D eigenvalue weighted by Gasteiger charge is -2.41. The molecule has 2 aliphatic heterocycles. The highest BCUT2D eigenvalue weighted by molar-refractivity contribution is 5.99. The largest absolute Gasteiger partial charge is 0.444 e. The molecule has 3 aromatic heterocycles. The number of morpholine rings is 1. The maximum absolute atomic E-state index is 12.7. The van der Waals surface area contributed by atoms with E-state index in [9.17, 15) is 9.59 Å². The average molecular weight is 586 g/mol. The summed E-state index contributed by atoms with van der Waals surface area (Å²) in [6.45, 7) is 9.68. The van der Waals surface area contributed by atoms with Gasteiger partial charge >= 0.3 is 12.1 Å². The number of imidazole rings is 1. The van der Waals surface area contributed by atoms with Gasteiger partial charge in [0.25, 0.3) is 0 Å². The van der Waals surface area contributed by atoms with E-state index in [0.29, 0.717) is 37.8 Å². The first kappa shape index (κ1) is 28.2. The van der Waals surface area contributed by atoms with Crippen LogP contribution in [0.5, 0.6) is 0 Å². The van der Waals surface area contributed by atoms with E-state index >= 15 is 0 Å². The van der Waals surface area contributed by atoms with Crippen molar-refractivity contribution in [3.63, 3.8) is 0 Å². The Bertz CT molecular complexity index is 1600. The van der Waals surface area contributed by atoms with Crippen molar-refractivity contribution >= 4 is 46.2 Å². The summed E-state index contributed by atoms with van der Waals surface area (Å²) in [5.74, 6) is 1.99. The lowest BCUT2D eigenvalue weighted by atomic mass is 10.1. The lowest BCUT2D eigenvalue weighted by molar-refractivity contribution is 0.0496. The highest BCUT2D eigenvalue weighted by atomic mass is 16.6. The minimum absolute atomic E-state index is 0.00579. The van der Waals surface area contributed by atoms with E-state index in [0.717, 1.165) is 47.0 Å². The van der Waals surface area contributed by atoms with Crippen LogP contribution < -0.4 is 25.8 Å². The van der Waals surface area contributed by atoms with Crippen molar-refractivity contribution in [1.29, 1.82) is 0 Å². The molecule has 0 radical (unpaired) electrons. The summed E-state index contributed by atoms with van der Waals surface area (Å²) < 4.78 is 10.8. The highest BCUT2D eigenvalue weighted by Crippen LogP contribution is 2.28. The van der Waals surface area contributed by atoms with Gasteiger partial charge in [0.2, 0.25) is 0 Å². The molecule has 0 aliphatic carbocycles. The monoisotopic (exact) mass is 585 g/mol. The molecule has 6 rings (SSSR count). The fraction of sp³-hybridized carbons (Fsp3) is 0.367. The fourth-order valence-corrected chi connectivity index (χ4v) is 4.99. The number of nitrogens with one attached hydrogen (secondary N) is 4. The minimum atomic E-state index is -0.540. The molecule has 13 nitrogen and oxygen atoms in total. The van der Waals surface area contributed by atoms with Crippen molar-refractivity contribution < 1.29 is 19.1 Å². The van der Waals surface area contributed by atoms with E-state index in [-0.39, 0.29) is 6.04 Å². The molecule has 43 heavy (non-hydrogen) atoms. The number of hydrogen-bond acceptors (Lipinski definition) is 9. The molecule has 13 heteroatoms. The normalized spacial score (nSPS) is 15.6. The van der Waals surface area contributed by atoms with E-state index in [4.69, 9.17) is 14.5 Å². The Labute approximate surface area is 249 Å². The van der Waals surface area contributed by atoms with Gasteiger partial charge in [-0.25, -0.2) is 24.5 Å². The lowest BCUT2D eigenvalue weighted by Crippen LogP contribution is -2.60. The number of pyridine rings is 2. The number of H-pyrrole nitrogens is 1. The summed E-state index contributed by atoms with van der Waals surface area (Å²) in [5, 5.41) is 8.51. The number of carbonyl (C=O) groups excluding carboxylic acids is 2. The molecule has 0 atom stereocenters. The number of carbonyl (C=O) groups is 2. The number of nitrogens with zero attached hydrogens (tertiary/aromatic N) is 5. The molecular weight excluding hydrogens is 550 g/mol. The second-order valence-corrected chi connectivity index (χ2v) is 11.5. The molecule has 0 unspecified atom stereocenters. The SMILES string of the molecule is CC(C)(C)OC(=O)NC1CN(c2ccnc(NC(=O)Nc3ccc(-c4nc5c(N6CCOCC6)nccc5[nH]4)cc3)c2)C1. The van der Waals surface area contributed by atoms with Gasteiger partial charge in [0.05, 0.1) is 24.8 Å². The summed E-state index contributed by atoms with van der Waals surface area (Å²) in [4.78, 5) is 46.0. The van der Waals surface area contributed by atoms with Crippen LogP contribution in [0.25, 0.3) is 22.4 Å². The molecule has 224 valence electrons. The van der Waals surface area contributed by atoms with Crippen molar-refractivity contribution in [3.8, 4) is 11.4 Å². The van der Waals surface area contributed by atoms with E-state index in [1.165, 1.54) is 0 Å². The highest BCUT2D eigenvalue weighted by Gasteiger charge is 2.30. The van der Waals surface area contributed by atoms with Crippen LogP contribution in [0.3, 0.4) is 0 Å². The molecule has 2 fully saturated rings. The molecule has 3 amide bonds. The molecule has 0 saturated carbocycles. The third kappa shape index (κ3) is 6.78. The summed E-state index contributed by atoms with van der Waals surface area (Å²) in [7, 11) is 0. The van der Waals surface area contributed by atoms with Crippen LogP contribution in [0.2, 0.25) is 0 Å². The minimum Gasteiger partial charge on any atom is -0.444 e. The van der Waals surface area contributed by atoms with Gasteiger partial charge in [0.15, 0.2) is 5.82 Å². The van der Waals surface area contributed by atoms with E-state index < -0.39 is 17.7 Å². The van der Waals surface area contributed by atoms with Gasteiger partial charge in [-0.3, -0.25) is 5.32 Å². The van der Waals surface area contributed by atoms with Crippen LogP contribution in [0.4, 0.5) is 32.6 Å². The summed E-state index contributed by atoms with van der Waals surface area (Å²) in [6.07, 6.45) is 3.00. The number of aromatic amines is 1. The summed E-state index contributed by atoms with van der Waals surface area (Å²) in [5.41, 5.74) is 3.61. The van der Waals surface area contributed by atoms with Gasteiger partial charge in [-0.05, 0) is 57.2 Å². The summed E-state index contributed by atoms with van der Waals surface area (Å²) in [6, 6.07) is 12.6. The van der Waals surface area contributed by atoms with Crippen LogP contribution >= 0.6 is 0 Å². The van der Waals surface area contributed by atoms with Crippen molar-refractivity contribution in [2.24, 2.45) is 0 Å². The Hall–Kier alpha value is -4.91. The third-order valence-corrected chi connectivity index (χ3v) is 7.06.